The maximum atomic E-state index is 12.4. The van der Waals surface area contributed by atoms with E-state index in [0.717, 1.165) is 0 Å². The van der Waals surface area contributed by atoms with Gasteiger partial charge in [0.15, 0.2) is 6.67 Å². The molecular weight excluding hydrogens is 199 g/mol. The Balaban J connectivity index is 4.96. The summed E-state index contributed by atoms with van der Waals surface area (Å²) in [6, 6.07) is 0. The van der Waals surface area contributed by atoms with Gasteiger partial charge in [-0.3, -0.25) is 0 Å². The molecule has 0 saturated heterocycles. The molecule has 0 spiro atoms. The number of hydrogen-bond acceptors (Lipinski definition) is 1. The maximum absolute atomic E-state index is 12.4. The summed E-state index contributed by atoms with van der Waals surface area (Å²) in [6.45, 7) is -0.403. The second-order valence-corrected chi connectivity index (χ2v) is 2.20. The first-order chi connectivity index (χ1) is 5.66. The van der Waals surface area contributed by atoms with Crippen LogP contribution >= 0.6 is 0 Å². The second kappa shape index (κ2) is 3.31. The summed E-state index contributed by atoms with van der Waals surface area (Å²) in [7, 11) is 0. The van der Waals surface area contributed by atoms with E-state index in [1.165, 1.54) is 0 Å². The summed E-state index contributed by atoms with van der Waals surface area (Å²) < 4.78 is 60.4. The van der Waals surface area contributed by atoms with E-state index < -0.39 is 30.1 Å². The summed E-state index contributed by atoms with van der Waals surface area (Å²) in [5.41, 5.74) is -2.03. The van der Waals surface area contributed by atoms with Crippen LogP contribution in [0.25, 0.3) is 0 Å². The first-order valence-electron chi connectivity index (χ1n) is 2.91. The van der Waals surface area contributed by atoms with Gasteiger partial charge in [0.25, 0.3) is 0 Å². The van der Waals surface area contributed by atoms with Gasteiger partial charge >= 0.3 is 17.8 Å². The van der Waals surface area contributed by atoms with Crippen LogP contribution in [0.3, 0.4) is 0 Å². The third-order valence-corrected chi connectivity index (χ3v) is 1.26. The average Bonchev–Trinajstić information content (AvgIpc) is 2.02. The quantitative estimate of drug-likeness (QED) is 0.560. The van der Waals surface area contributed by atoms with Gasteiger partial charge in [-0.15, -0.1) is 0 Å². The Labute approximate surface area is 69.7 Å². The van der Waals surface area contributed by atoms with Gasteiger partial charge in [0.1, 0.15) is 5.57 Å². The molecule has 0 radical (unpaired) electrons. The minimum absolute atomic E-state index is 2.03. The molecule has 7 heteroatoms. The van der Waals surface area contributed by atoms with Crippen LogP contribution < -0.4 is 0 Å². The van der Waals surface area contributed by atoms with Crippen LogP contribution in [0.5, 0.6) is 0 Å². The molecule has 0 aromatic heterocycles. The predicted molar refractivity (Wildman–Crippen MR) is 32.6 cm³/mol. The predicted octanol–water partition coefficient (Wildman–Crippen LogP) is 1.87. The molecule has 2 nitrogen and oxygen atoms in total. The first kappa shape index (κ1) is 11.9. The molecule has 0 amide bonds. The summed E-state index contributed by atoms with van der Waals surface area (Å²) in [4.78, 5) is 9.87. The highest BCUT2D eigenvalue weighted by Gasteiger charge is 2.60. The van der Waals surface area contributed by atoms with Crippen LogP contribution in [0, 0.1) is 0 Å². The molecule has 0 aromatic carbocycles. The molecule has 0 unspecified atom stereocenters. The molecule has 0 rings (SSSR count). The fourth-order valence-electron chi connectivity index (χ4n) is 0.439. The van der Waals surface area contributed by atoms with Crippen LogP contribution in [-0.4, -0.2) is 29.6 Å². The molecule has 0 aliphatic rings. The highest BCUT2D eigenvalue weighted by atomic mass is 19.3. The van der Waals surface area contributed by atoms with Crippen LogP contribution in [0.2, 0.25) is 0 Å². The van der Waals surface area contributed by atoms with Crippen molar-refractivity contribution in [1.82, 2.24) is 0 Å². The Hall–Kier alpha value is -1.14. The van der Waals surface area contributed by atoms with E-state index in [4.69, 9.17) is 5.11 Å². The molecule has 0 saturated carbocycles. The molecular formula is C6H5F5O2. The van der Waals surface area contributed by atoms with E-state index in [0.29, 0.717) is 0 Å². The Kier molecular flexibility index (Phi) is 3.02. The number of halogens is 5. The third kappa shape index (κ3) is 1.96. The number of carboxylic acid groups (broad SMARTS) is 1. The third-order valence-electron chi connectivity index (χ3n) is 1.26. The van der Waals surface area contributed by atoms with Crippen molar-refractivity contribution >= 4 is 5.97 Å². The van der Waals surface area contributed by atoms with E-state index in [1.54, 1.807) is 0 Å². The topological polar surface area (TPSA) is 37.3 Å². The van der Waals surface area contributed by atoms with E-state index in [1.807, 2.05) is 0 Å². The van der Waals surface area contributed by atoms with Gasteiger partial charge < -0.3 is 5.11 Å². The van der Waals surface area contributed by atoms with Crippen molar-refractivity contribution in [2.75, 3.05) is 6.67 Å². The Morgan fingerprint density at radius 3 is 1.92 bits per heavy atom. The molecule has 0 fully saturated rings. The van der Waals surface area contributed by atoms with E-state index in [9.17, 15) is 26.7 Å². The van der Waals surface area contributed by atoms with E-state index in [-0.39, 0.29) is 0 Å². The average molecular weight is 204 g/mol. The Morgan fingerprint density at radius 1 is 1.31 bits per heavy atom. The molecule has 0 aromatic rings. The van der Waals surface area contributed by atoms with Crippen molar-refractivity contribution in [3.63, 3.8) is 0 Å². The van der Waals surface area contributed by atoms with Crippen molar-refractivity contribution in [3.05, 3.63) is 12.2 Å². The normalized spacial score (nSPS) is 12.7. The van der Waals surface area contributed by atoms with Crippen LogP contribution in [-0.2, 0) is 4.79 Å². The summed E-state index contributed by atoms with van der Waals surface area (Å²) in [5, 5.41) is 7.94. The molecule has 13 heavy (non-hydrogen) atoms. The molecule has 0 bridgehead atoms. The van der Waals surface area contributed by atoms with Crippen molar-refractivity contribution in [2.24, 2.45) is 0 Å². The van der Waals surface area contributed by atoms with Crippen molar-refractivity contribution in [1.29, 1.82) is 0 Å². The van der Waals surface area contributed by atoms with Crippen LogP contribution in [0.1, 0.15) is 0 Å². The van der Waals surface area contributed by atoms with Crippen LogP contribution in [0.15, 0.2) is 12.2 Å². The Bertz CT molecular complexity index is 235. The van der Waals surface area contributed by atoms with Crippen molar-refractivity contribution < 1.29 is 31.9 Å². The van der Waals surface area contributed by atoms with Gasteiger partial charge in [-0.2, -0.15) is 17.6 Å². The number of carbonyl (C=O) groups is 1. The Morgan fingerprint density at radius 2 is 1.69 bits per heavy atom. The lowest BCUT2D eigenvalue weighted by molar-refractivity contribution is -0.197. The van der Waals surface area contributed by atoms with Gasteiger partial charge in [-0.05, 0) is 0 Å². The number of alkyl halides is 5. The zero-order chi connectivity index (χ0) is 10.9. The van der Waals surface area contributed by atoms with Gasteiger partial charge in [0.05, 0.1) is 0 Å². The van der Waals surface area contributed by atoms with Crippen molar-refractivity contribution in [2.45, 2.75) is 11.8 Å². The zero-order valence-electron chi connectivity index (χ0n) is 6.16. The molecule has 0 heterocycles. The number of aliphatic carboxylic acids is 1. The second-order valence-electron chi connectivity index (χ2n) is 2.20. The van der Waals surface area contributed by atoms with E-state index in [2.05, 4.69) is 6.58 Å². The zero-order valence-corrected chi connectivity index (χ0v) is 6.16. The van der Waals surface area contributed by atoms with Crippen LogP contribution in [0.4, 0.5) is 22.0 Å². The summed E-state index contributed by atoms with van der Waals surface area (Å²) in [6.07, 6.45) is 0. The van der Waals surface area contributed by atoms with Gasteiger partial charge in [-0.1, -0.05) is 6.58 Å². The van der Waals surface area contributed by atoms with Gasteiger partial charge in [0, 0.05) is 0 Å². The molecule has 0 aliphatic heterocycles. The van der Waals surface area contributed by atoms with Gasteiger partial charge in [-0.25, -0.2) is 9.18 Å². The number of rotatable bonds is 4. The fourth-order valence-corrected chi connectivity index (χ4v) is 0.439. The lowest BCUT2D eigenvalue weighted by atomic mass is 10.1. The summed E-state index contributed by atoms with van der Waals surface area (Å²) in [5.74, 6) is -12.4. The summed E-state index contributed by atoms with van der Waals surface area (Å²) >= 11 is 0. The highest BCUT2D eigenvalue weighted by Crippen LogP contribution is 2.39. The number of carboxylic acids is 1. The molecule has 0 aliphatic carbocycles. The monoisotopic (exact) mass is 204 g/mol. The van der Waals surface area contributed by atoms with E-state index >= 15 is 0 Å². The first-order valence-corrected chi connectivity index (χ1v) is 2.91. The minimum atomic E-state index is -5.08. The lowest BCUT2D eigenvalue weighted by Crippen LogP contribution is -2.45. The lowest BCUT2D eigenvalue weighted by Gasteiger charge is -2.23. The number of hydrogen-bond donors (Lipinski definition) is 1. The smallest absolute Gasteiger partial charge is 0.344 e. The van der Waals surface area contributed by atoms with Crippen molar-refractivity contribution in [3.8, 4) is 0 Å². The SMILES string of the molecule is C=C(C(=O)O)C(F)(F)C(F)(F)CF. The minimum Gasteiger partial charge on any atom is -0.478 e. The van der Waals surface area contributed by atoms with Gasteiger partial charge in [0.2, 0.25) is 0 Å². The largest absolute Gasteiger partial charge is 0.478 e. The molecule has 76 valence electrons. The standard InChI is InChI=1S/C6H5F5O2/c1-3(4(12)13)6(10,11)5(8,9)2-7/h1-2H2,(H,12,13). The fraction of sp³-hybridized carbons (Fsp3) is 0.500. The highest BCUT2D eigenvalue weighted by molar-refractivity contribution is 5.88. The molecule has 1 N–H and O–H groups in total. The maximum Gasteiger partial charge on any atom is 0.344 e. The molecule has 0 atom stereocenters.